The molecule has 2 N–H and O–H groups in total. The first-order valence-corrected chi connectivity index (χ1v) is 7.64. The first-order chi connectivity index (χ1) is 8.59. The van der Waals surface area contributed by atoms with Crippen molar-refractivity contribution in [2.45, 2.75) is 38.4 Å². The summed E-state index contributed by atoms with van der Waals surface area (Å²) in [5, 5.41) is 6.42. The Labute approximate surface area is 114 Å². The molecule has 0 spiro atoms. The zero-order chi connectivity index (χ0) is 13.6. The van der Waals surface area contributed by atoms with Gasteiger partial charge in [-0.25, -0.2) is 4.98 Å². The van der Waals surface area contributed by atoms with Gasteiger partial charge in [0, 0.05) is 30.1 Å². The highest BCUT2D eigenvalue weighted by atomic mass is 32.2. The molecule has 0 fully saturated rings. The van der Waals surface area contributed by atoms with Gasteiger partial charge in [-0.05, 0) is 26.0 Å². The Morgan fingerprint density at radius 1 is 1.28 bits per heavy atom. The Morgan fingerprint density at radius 3 is 2.44 bits per heavy atom. The van der Waals surface area contributed by atoms with Crippen LogP contribution in [-0.2, 0) is 0 Å². The Morgan fingerprint density at radius 2 is 1.94 bits per heavy atom. The minimum atomic E-state index is 0.290. The predicted molar refractivity (Wildman–Crippen MR) is 81.6 cm³/mol. The number of anilines is 2. The molecular formula is C13H24N4S. The number of hydrogen-bond acceptors (Lipinski definition) is 5. The van der Waals surface area contributed by atoms with Crippen molar-refractivity contribution in [2.24, 2.45) is 0 Å². The maximum atomic E-state index is 4.42. The number of aryl methyl sites for hydroxylation is 1. The quantitative estimate of drug-likeness (QED) is 0.795. The average Bonchev–Trinajstić information content (AvgIpc) is 2.40. The Kier molecular flexibility index (Phi) is 5.72. The van der Waals surface area contributed by atoms with Gasteiger partial charge in [-0.1, -0.05) is 13.8 Å². The van der Waals surface area contributed by atoms with Gasteiger partial charge in [-0.2, -0.15) is 16.7 Å². The third-order valence-electron chi connectivity index (χ3n) is 3.39. The number of thioether (sulfide) groups is 1. The topological polar surface area (TPSA) is 49.8 Å². The summed E-state index contributed by atoms with van der Waals surface area (Å²) in [7, 11) is 1.84. The molecule has 0 radical (unpaired) electrons. The fourth-order valence-corrected chi connectivity index (χ4v) is 2.68. The molecular weight excluding hydrogens is 244 g/mol. The van der Waals surface area contributed by atoms with Gasteiger partial charge in [0.15, 0.2) is 0 Å². The molecule has 1 rings (SSSR count). The van der Waals surface area contributed by atoms with E-state index in [0.29, 0.717) is 10.7 Å². The van der Waals surface area contributed by atoms with E-state index < -0.39 is 0 Å². The molecule has 1 aromatic rings. The first kappa shape index (κ1) is 15.1. The number of aromatic nitrogens is 2. The van der Waals surface area contributed by atoms with Gasteiger partial charge in [-0.3, -0.25) is 0 Å². The van der Waals surface area contributed by atoms with Crippen LogP contribution in [0.25, 0.3) is 0 Å². The van der Waals surface area contributed by atoms with E-state index in [4.69, 9.17) is 0 Å². The van der Waals surface area contributed by atoms with Crippen LogP contribution in [-0.4, -0.2) is 34.6 Å². The minimum absolute atomic E-state index is 0.290. The van der Waals surface area contributed by atoms with Crippen molar-refractivity contribution < 1.29 is 0 Å². The normalized spacial score (nSPS) is 11.4. The van der Waals surface area contributed by atoms with E-state index in [9.17, 15) is 0 Å². The van der Waals surface area contributed by atoms with Gasteiger partial charge in [-0.15, -0.1) is 0 Å². The molecule has 0 saturated carbocycles. The summed E-state index contributed by atoms with van der Waals surface area (Å²) in [5.74, 6) is 1.56. The standard InChI is InChI=1S/C13H24N4S/c1-6-13(7-2,18-5)9-15-11-8-10(3)16-12(14-4)17-11/h8H,6-7,9H2,1-5H3,(H2,14,15,16,17). The lowest BCUT2D eigenvalue weighted by molar-refractivity contribution is 0.574. The molecule has 0 amide bonds. The molecule has 4 nitrogen and oxygen atoms in total. The van der Waals surface area contributed by atoms with Crippen LogP contribution >= 0.6 is 11.8 Å². The van der Waals surface area contributed by atoms with Crippen LogP contribution in [0.5, 0.6) is 0 Å². The van der Waals surface area contributed by atoms with Crippen molar-refractivity contribution in [2.75, 3.05) is 30.5 Å². The third kappa shape index (κ3) is 3.77. The van der Waals surface area contributed by atoms with E-state index in [1.54, 1.807) is 0 Å². The summed E-state index contributed by atoms with van der Waals surface area (Å²) in [5.41, 5.74) is 0.972. The highest BCUT2D eigenvalue weighted by molar-refractivity contribution is 8.00. The Bertz CT molecular complexity index is 369. The summed E-state index contributed by atoms with van der Waals surface area (Å²) in [6.07, 6.45) is 4.49. The molecule has 0 bridgehead atoms. The van der Waals surface area contributed by atoms with Crippen LogP contribution < -0.4 is 10.6 Å². The van der Waals surface area contributed by atoms with Crippen molar-refractivity contribution in [3.05, 3.63) is 11.8 Å². The van der Waals surface area contributed by atoms with E-state index in [2.05, 4.69) is 40.7 Å². The molecule has 0 unspecified atom stereocenters. The van der Waals surface area contributed by atoms with Gasteiger partial charge in [0.2, 0.25) is 5.95 Å². The third-order valence-corrected chi connectivity index (χ3v) is 4.98. The maximum absolute atomic E-state index is 4.42. The van der Waals surface area contributed by atoms with Crippen molar-refractivity contribution >= 4 is 23.5 Å². The van der Waals surface area contributed by atoms with Gasteiger partial charge in [0.05, 0.1) is 0 Å². The SMILES string of the molecule is CCC(CC)(CNc1cc(C)nc(NC)n1)SC. The second kappa shape index (κ2) is 6.83. The van der Waals surface area contributed by atoms with Gasteiger partial charge >= 0.3 is 0 Å². The van der Waals surface area contributed by atoms with Crippen LogP contribution in [0.1, 0.15) is 32.4 Å². The van der Waals surface area contributed by atoms with Crippen LogP contribution in [0.15, 0.2) is 6.07 Å². The lowest BCUT2D eigenvalue weighted by atomic mass is 10.0. The summed E-state index contributed by atoms with van der Waals surface area (Å²) in [6.45, 7) is 7.40. The first-order valence-electron chi connectivity index (χ1n) is 6.41. The Balaban J connectivity index is 2.76. The van der Waals surface area contributed by atoms with Crippen LogP contribution in [0.3, 0.4) is 0 Å². The highest BCUT2D eigenvalue weighted by Gasteiger charge is 2.24. The molecule has 1 heterocycles. The summed E-state index contributed by atoms with van der Waals surface area (Å²) in [6, 6.07) is 1.98. The van der Waals surface area contributed by atoms with E-state index in [1.807, 2.05) is 31.8 Å². The van der Waals surface area contributed by atoms with Crippen molar-refractivity contribution in [3.63, 3.8) is 0 Å². The molecule has 0 aromatic carbocycles. The maximum Gasteiger partial charge on any atom is 0.224 e. The highest BCUT2D eigenvalue weighted by Crippen LogP contribution is 2.30. The van der Waals surface area contributed by atoms with E-state index in [1.165, 1.54) is 0 Å². The molecule has 5 heteroatoms. The van der Waals surface area contributed by atoms with Crippen molar-refractivity contribution in [3.8, 4) is 0 Å². The van der Waals surface area contributed by atoms with Crippen LogP contribution in [0, 0.1) is 6.92 Å². The smallest absolute Gasteiger partial charge is 0.224 e. The number of rotatable bonds is 7. The van der Waals surface area contributed by atoms with E-state index in [-0.39, 0.29) is 0 Å². The number of nitrogens with one attached hydrogen (secondary N) is 2. The molecule has 1 aromatic heterocycles. The van der Waals surface area contributed by atoms with Gasteiger partial charge in [0.1, 0.15) is 5.82 Å². The predicted octanol–water partition coefficient (Wildman–Crippen LogP) is 3.16. The molecule has 0 atom stereocenters. The van der Waals surface area contributed by atoms with Crippen LogP contribution in [0.2, 0.25) is 0 Å². The van der Waals surface area contributed by atoms with Crippen molar-refractivity contribution in [1.29, 1.82) is 0 Å². The fourth-order valence-electron chi connectivity index (χ4n) is 1.88. The second-order valence-electron chi connectivity index (χ2n) is 4.42. The van der Waals surface area contributed by atoms with Gasteiger partial charge in [0.25, 0.3) is 0 Å². The monoisotopic (exact) mass is 268 g/mol. The zero-order valence-corrected chi connectivity index (χ0v) is 12.8. The number of hydrogen-bond donors (Lipinski definition) is 2. The average molecular weight is 268 g/mol. The minimum Gasteiger partial charge on any atom is -0.369 e. The molecule has 102 valence electrons. The van der Waals surface area contributed by atoms with Crippen molar-refractivity contribution in [1.82, 2.24) is 9.97 Å². The molecule has 0 aliphatic heterocycles. The molecule has 0 aliphatic rings. The summed E-state index contributed by atoms with van der Waals surface area (Å²) >= 11 is 1.93. The Hall–Kier alpha value is -0.970. The fraction of sp³-hybridized carbons (Fsp3) is 0.692. The van der Waals surface area contributed by atoms with E-state index in [0.717, 1.165) is 30.9 Å². The van der Waals surface area contributed by atoms with Gasteiger partial charge < -0.3 is 10.6 Å². The lowest BCUT2D eigenvalue weighted by Crippen LogP contribution is -2.32. The lowest BCUT2D eigenvalue weighted by Gasteiger charge is -2.30. The van der Waals surface area contributed by atoms with E-state index >= 15 is 0 Å². The second-order valence-corrected chi connectivity index (χ2v) is 5.69. The summed E-state index contributed by atoms with van der Waals surface area (Å²) < 4.78 is 0.290. The molecule has 0 saturated heterocycles. The number of nitrogens with zero attached hydrogens (tertiary/aromatic N) is 2. The zero-order valence-electron chi connectivity index (χ0n) is 12.0. The van der Waals surface area contributed by atoms with Crippen LogP contribution in [0.4, 0.5) is 11.8 Å². The largest absolute Gasteiger partial charge is 0.369 e. The molecule has 0 aliphatic carbocycles. The molecule has 18 heavy (non-hydrogen) atoms. The summed E-state index contributed by atoms with van der Waals surface area (Å²) in [4.78, 5) is 8.71.